The van der Waals surface area contributed by atoms with Crippen LogP contribution in [0.4, 0.5) is 0 Å². The van der Waals surface area contributed by atoms with Crippen LogP contribution in [0.25, 0.3) is 10.8 Å². The topological polar surface area (TPSA) is 152 Å². The number of rotatable bonds is 5. The van der Waals surface area contributed by atoms with Crippen molar-refractivity contribution in [2.75, 3.05) is 6.61 Å². The molecule has 0 fully saturated rings. The molecule has 0 aromatic heterocycles. The minimum absolute atomic E-state index is 0.214. The van der Waals surface area contributed by atoms with Gasteiger partial charge in [-0.05, 0) is 34.9 Å². The van der Waals surface area contributed by atoms with Crippen molar-refractivity contribution < 1.29 is 38.5 Å². The molecule has 0 saturated carbocycles. The van der Waals surface area contributed by atoms with Crippen LogP contribution in [-0.2, 0) is 51.1 Å². The first kappa shape index (κ1) is 20.5. The first-order valence-corrected chi connectivity index (χ1v) is 9.67. The van der Waals surface area contributed by atoms with E-state index in [9.17, 15) is 16.8 Å². The Labute approximate surface area is 141 Å². The van der Waals surface area contributed by atoms with Crippen LogP contribution in [0.5, 0.6) is 0 Å². The number of hydrogen-bond donors (Lipinski definition) is 2. The molecule has 2 aromatic rings. The van der Waals surface area contributed by atoms with Gasteiger partial charge >= 0.3 is 10.4 Å². The van der Waals surface area contributed by atoms with Gasteiger partial charge in [0.15, 0.2) is 0 Å². The Bertz CT molecular complexity index is 958. The smallest absolute Gasteiger partial charge is 0.397 e. The monoisotopic (exact) mass is 397 g/mol. The molecule has 9 nitrogen and oxygen atoms in total. The highest BCUT2D eigenvalue weighted by atomic mass is 32.3. The average molecular weight is 397 g/mol. The summed E-state index contributed by atoms with van der Waals surface area (Å²) in [6, 6.07) is 9.26. The SMILES string of the molecule is O=S(=O)(O)OCCc1ccc2ccc(S(=O)(=O)O)cc2c1.O=[SH-]=O. The van der Waals surface area contributed by atoms with Crippen molar-refractivity contribution in [3.63, 3.8) is 0 Å². The molecule has 24 heavy (non-hydrogen) atoms. The van der Waals surface area contributed by atoms with Crippen molar-refractivity contribution >= 4 is 42.9 Å². The summed E-state index contributed by atoms with van der Waals surface area (Å²) in [5.74, 6) is 0. The predicted molar refractivity (Wildman–Crippen MR) is 85.1 cm³/mol. The average Bonchev–Trinajstić information content (AvgIpc) is 2.45. The number of benzene rings is 2. The van der Waals surface area contributed by atoms with E-state index in [0.717, 1.165) is 5.39 Å². The molecule has 0 aliphatic carbocycles. The molecule has 0 bridgehead atoms. The van der Waals surface area contributed by atoms with E-state index in [1.54, 1.807) is 24.3 Å². The first-order chi connectivity index (χ1) is 11.1. The molecule has 2 rings (SSSR count). The molecule has 0 aliphatic heterocycles. The summed E-state index contributed by atoms with van der Waals surface area (Å²) in [7, 11) is -8.76. The zero-order valence-electron chi connectivity index (χ0n) is 11.9. The highest BCUT2D eigenvalue weighted by molar-refractivity contribution is 7.85. The maximum absolute atomic E-state index is 11.1. The van der Waals surface area contributed by atoms with Gasteiger partial charge in [-0.1, -0.05) is 35.8 Å². The van der Waals surface area contributed by atoms with E-state index in [4.69, 9.17) is 17.5 Å². The van der Waals surface area contributed by atoms with Gasteiger partial charge in [-0.15, -0.1) is 0 Å². The number of hydrogen-bond acceptors (Lipinski definition) is 8. The molecule has 0 saturated heterocycles. The lowest BCUT2D eigenvalue weighted by atomic mass is 10.1. The molecule has 0 unspecified atom stereocenters. The normalized spacial score (nSPS) is 11.8. The molecule has 0 spiro atoms. The minimum atomic E-state index is -4.48. The highest BCUT2D eigenvalue weighted by Crippen LogP contribution is 2.21. The van der Waals surface area contributed by atoms with Crippen molar-refractivity contribution in [1.82, 2.24) is 0 Å². The van der Waals surface area contributed by atoms with Gasteiger partial charge in [-0.3, -0.25) is 9.11 Å². The van der Waals surface area contributed by atoms with E-state index in [1.165, 1.54) is 12.1 Å². The lowest BCUT2D eigenvalue weighted by Crippen LogP contribution is -2.06. The van der Waals surface area contributed by atoms with Gasteiger partial charge in [0.1, 0.15) is 0 Å². The van der Waals surface area contributed by atoms with Gasteiger partial charge in [-0.2, -0.15) is 16.8 Å². The lowest BCUT2D eigenvalue weighted by molar-refractivity contribution is 0.272. The Morgan fingerprint density at radius 1 is 0.917 bits per heavy atom. The van der Waals surface area contributed by atoms with E-state index in [1.807, 2.05) is 0 Å². The fraction of sp³-hybridized carbons (Fsp3) is 0.167. The molecule has 0 amide bonds. The molecule has 2 aromatic carbocycles. The summed E-state index contributed by atoms with van der Waals surface area (Å²) in [5, 5.41) is 1.34. The molecule has 0 radical (unpaired) electrons. The van der Waals surface area contributed by atoms with Crippen LogP contribution in [-0.4, -0.2) is 32.5 Å². The van der Waals surface area contributed by atoms with Crippen molar-refractivity contribution in [2.24, 2.45) is 0 Å². The maximum atomic E-state index is 11.1. The van der Waals surface area contributed by atoms with E-state index in [-0.39, 0.29) is 17.9 Å². The lowest BCUT2D eigenvalue weighted by Gasteiger charge is -2.05. The van der Waals surface area contributed by atoms with Gasteiger partial charge in [-0.25, -0.2) is 4.18 Å². The highest BCUT2D eigenvalue weighted by Gasteiger charge is 2.10. The molecular formula is C12H13O9S3-. The van der Waals surface area contributed by atoms with Crippen molar-refractivity contribution in [1.29, 1.82) is 0 Å². The molecule has 12 heteroatoms. The third kappa shape index (κ3) is 6.90. The van der Waals surface area contributed by atoms with Crippen LogP contribution in [0.1, 0.15) is 5.56 Å². The largest absolute Gasteiger partial charge is 0.427 e. The first-order valence-electron chi connectivity index (χ1n) is 6.14. The minimum Gasteiger partial charge on any atom is -0.427 e. The van der Waals surface area contributed by atoms with Crippen molar-refractivity contribution in [2.45, 2.75) is 11.3 Å². The Kier molecular flexibility index (Phi) is 7.26. The number of thiol groups is 1. The zero-order chi connectivity index (χ0) is 18.4. The predicted octanol–water partition coefficient (Wildman–Crippen LogP) is 0.941. The second kappa shape index (κ2) is 8.50. The summed E-state index contributed by atoms with van der Waals surface area (Å²) in [4.78, 5) is -0.221. The maximum Gasteiger partial charge on any atom is 0.397 e. The number of fused-ring (bicyclic) bond motifs is 1. The van der Waals surface area contributed by atoms with Gasteiger partial charge in [0.25, 0.3) is 10.1 Å². The molecule has 0 heterocycles. The molecule has 2 N–H and O–H groups in total. The molecule has 0 atom stereocenters. The van der Waals surface area contributed by atoms with Crippen molar-refractivity contribution in [3.8, 4) is 0 Å². The van der Waals surface area contributed by atoms with Gasteiger partial charge in [0, 0.05) is 0 Å². The Morgan fingerprint density at radius 3 is 2.04 bits per heavy atom. The summed E-state index contributed by atoms with van der Waals surface area (Å²) >= 11 is -1.08. The fourth-order valence-electron chi connectivity index (χ4n) is 1.86. The van der Waals surface area contributed by atoms with Crippen LogP contribution in [0.15, 0.2) is 41.3 Å². The van der Waals surface area contributed by atoms with E-state index >= 15 is 0 Å². The van der Waals surface area contributed by atoms with Gasteiger partial charge in [0.2, 0.25) is 0 Å². The second-order valence-electron chi connectivity index (χ2n) is 4.39. The Morgan fingerprint density at radius 2 is 1.50 bits per heavy atom. The molecule has 134 valence electrons. The van der Waals surface area contributed by atoms with Gasteiger partial charge in [0.05, 0.1) is 11.5 Å². The third-order valence-electron chi connectivity index (χ3n) is 2.80. The zero-order valence-corrected chi connectivity index (χ0v) is 14.4. The van der Waals surface area contributed by atoms with Crippen LogP contribution in [0.2, 0.25) is 0 Å². The van der Waals surface area contributed by atoms with Crippen LogP contribution >= 0.6 is 0 Å². The third-order valence-corrected chi connectivity index (χ3v) is 4.11. The Balaban J connectivity index is 0.000000891. The summed E-state index contributed by atoms with van der Waals surface area (Å²) in [5.41, 5.74) is 0.693. The van der Waals surface area contributed by atoms with Gasteiger partial charge < -0.3 is 8.42 Å². The van der Waals surface area contributed by atoms with Crippen LogP contribution in [0.3, 0.4) is 0 Å². The fourth-order valence-corrected chi connectivity index (χ4v) is 2.66. The second-order valence-corrected chi connectivity index (χ2v) is 7.05. The van der Waals surface area contributed by atoms with E-state index in [2.05, 4.69) is 4.18 Å². The van der Waals surface area contributed by atoms with Crippen molar-refractivity contribution in [3.05, 3.63) is 42.0 Å². The van der Waals surface area contributed by atoms with E-state index in [0.29, 0.717) is 10.9 Å². The summed E-state index contributed by atoms with van der Waals surface area (Å²) < 4.78 is 81.4. The van der Waals surface area contributed by atoms with Crippen LogP contribution in [0, 0.1) is 0 Å². The Hall–Kier alpha value is -1.57. The summed E-state index contributed by atoms with van der Waals surface area (Å²) in [6.07, 6.45) is 0.214. The quantitative estimate of drug-likeness (QED) is 0.426. The summed E-state index contributed by atoms with van der Waals surface area (Å²) in [6.45, 7) is -0.234. The van der Waals surface area contributed by atoms with Crippen LogP contribution < -0.4 is 0 Å². The molecular weight excluding hydrogens is 384 g/mol. The molecule has 0 aliphatic rings. The standard InChI is InChI=1S/C12H12O7S2.HO2S/c13-20(14,15)12-4-3-10-2-1-9(7-11(10)8-12)5-6-19-21(16,17)18;1-3-2/h1-4,7-8H,5-6H2,(H,13,14,15)(H,16,17,18);3H/q;-1. The van der Waals surface area contributed by atoms with E-state index < -0.39 is 32.1 Å².